The Hall–Kier alpha value is -1.07. The number of aromatic nitrogens is 4. The van der Waals surface area contributed by atoms with Crippen molar-refractivity contribution in [1.29, 1.82) is 0 Å². The third-order valence-corrected chi connectivity index (χ3v) is 20.5. The van der Waals surface area contributed by atoms with Gasteiger partial charge in [-0.15, -0.1) is 0 Å². The number of ether oxygens (including phenoxy) is 3. The van der Waals surface area contributed by atoms with Gasteiger partial charge in [0.05, 0.1) is 18.1 Å². The highest BCUT2D eigenvalue weighted by molar-refractivity contribution is 8.00. The minimum Gasteiger partial charge on any atom is -0.414 e. The van der Waals surface area contributed by atoms with Gasteiger partial charge in [0.15, 0.2) is 34.3 Å². The van der Waals surface area contributed by atoms with Gasteiger partial charge in [0.2, 0.25) is 0 Å². The first-order valence-corrected chi connectivity index (χ1v) is 22.4. The minimum atomic E-state index is -2.01. The highest BCUT2D eigenvalue weighted by Gasteiger charge is 2.57. The molecule has 0 radical (unpaired) electrons. The van der Waals surface area contributed by atoms with Crippen LogP contribution in [0.25, 0.3) is 11.0 Å². The predicted octanol–water partition coefficient (Wildman–Crippen LogP) is 6.88. The number of fused-ring (bicyclic) bond motifs is 2. The summed E-state index contributed by atoms with van der Waals surface area (Å²) in [5.41, 5.74) is 7.13. The Morgan fingerprint density at radius 2 is 1.65 bits per heavy atom. The second kappa shape index (κ2) is 11.3. The zero-order chi connectivity index (χ0) is 31.8. The topological polar surface area (TPSA) is 116 Å². The van der Waals surface area contributed by atoms with E-state index < -0.39 is 28.6 Å². The van der Waals surface area contributed by atoms with Gasteiger partial charge in [-0.25, -0.2) is 14.6 Å². The molecule has 2 aromatic rings. The molecule has 2 aromatic heterocycles. The second-order valence-electron chi connectivity index (χ2n) is 15.9. The molecule has 0 aromatic carbocycles. The van der Waals surface area contributed by atoms with Crippen LogP contribution in [0.15, 0.2) is 11.4 Å². The maximum absolute atomic E-state index is 6.92. The number of nitrogen functional groups attached to an aromatic ring is 1. The molecule has 0 unspecified atom stereocenters. The van der Waals surface area contributed by atoms with Gasteiger partial charge in [-0.1, -0.05) is 53.3 Å². The van der Waals surface area contributed by atoms with E-state index in [1.54, 1.807) is 11.8 Å². The summed E-state index contributed by atoms with van der Waals surface area (Å²) in [5, 5.41) is 7.19. The Balaban J connectivity index is 1.45. The lowest BCUT2D eigenvalue weighted by atomic mass is 10.1. The van der Waals surface area contributed by atoms with E-state index in [0.29, 0.717) is 18.1 Å². The fourth-order valence-electron chi connectivity index (χ4n) is 5.58. The number of rotatable bonds is 8. The first-order chi connectivity index (χ1) is 19.7. The third-order valence-electron chi connectivity index (χ3n) is 10.2. The van der Waals surface area contributed by atoms with Gasteiger partial charge < -0.3 is 28.8 Å². The average Bonchev–Trinajstić information content (AvgIpc) is 3.59. The second-order valence-corrected chi connectivity index (χ2v) is 26.7. The average molecular weight is 652 g/mol. The SMILES string of the molecule is CC1(C)O[C@@H]2[C@H](O1)[C@@H](CO[Si](C)(C)C(C)(C)C)O[C@H]2n1nc(S[C@H]2CCC[C@@H]2O[Si](C)(C)C(C)(C)C)c2c(N)ncnc21. The molecule has 3 aliphatic rings. The van der Waals surface area contributed by atoms with Gasteiger partial charge >= 0.3 is 0 Å². The quantitative estimate of drug-likeness (QED) is 0.303. The molecule has 2 N–H and O–H groups in total. The molecular weight excluding hydrogens is 599 g/mol. The summed E-state index contributed by atoms with van der Waals surface area (Å²) >= 11 is 1.73. The Kier molecular flexibility index (Phi) is 8.77. The van der Waals surface area contributed by atoms with Gasteiger partial charge in [-0.05, 0) is 69.4 Å². The molecule has 0 spiro atoms. The lowest BCUT2D eigenvalue weighted by molar-refractivity contribution is -0.200. The summed E-state index contributed by atoms with van der Waals surface area (Å²) < 4.78 is 34.9. The first-order valence-electron chi connectivity index (χ1n) is 15.7. The van der Waals surface area contributed by atoms with Crippen LogP contribution in [0.2, 0.25) is 36.3 Å². The molecule has 1 aliphatic carbocycles. The Labute approximate surface area is 263 Å². The van der Waals surface area contributed by atoms with Crippen LogP contribution in [0.1, 0.15) is 80.9 Å². The monoisotopic (exact) mass is 651 g/mol. The summed E-state index contributed by atoms with van der Waals surface area (Å²) in [4.78, 5) is 9.00. The van der Waals surface area contributed by atoms with Gasteiger partial charge in [0, 0.05) is 5.25 Å². The number of anilines is 1. The zero-order valence-corrected chi connectivity index (χ0v) is 31.0. The van der Waals surface area contributed by atoms with E-state index in [2.05, 4.69) is 77.7 Å². The van der Waals surface area contributed by atoms with Crippen molar-refractivity contribution < 1.29 is 23.1 Å². The summed E-state index contributed by atoms with van der Waals surface area (Å²) in [7, 11) is -3.93. The molecule has 43 heavy (non-hydrogen) atoms. The zero-order valence-electron chi connectivity index (χ0n) is 28.2. The summed E-state index contributed by atoms with van der Waals surface area (Å²) in [6.07, 6.45) is 3.39. The van der Waals surface area contributed by atoms with Crippen LogP contribution in [0.3, 0.4) is 0 Å². The molecule has 3 fully saturated rings. The van der Waals surface area contributed by atoms with Crippen molar-refractivity contribution in [2.75, 3.05) is 12.3 Å². The molecule has 4 heterocycles. The van der Waals surface area contributed by atoms with Crippen LogP contribution in [0.4, 0.5) is 5.82 Å². The Bertz CT molecular complexity index is 1320. The van der Waals surface area contributed by atoms with E-state index in [4.69, 9.17) is 33.9 Å². The van der Waals surface area contributed by atoms with Crippen molar-refractivity contribution in [3.8, 4) is 0 Å². The molecule has 13 heteroatoms. The molecule has 10 nitrogen and oxygen atoms in total. The maximum Gasteiger partial charge on any atom is 0.192 e. The van der Waals surface area contributed by atoms with E-state index in [-0.39, 0.29) is 39.7 Å². The Morgan fingerprint density at radius 3 is 2.30 bits per heavy atom. The first kappa shape index (κ1) is 33.3. The molecule has 2 aliphatic heterocycles. The minimum absolute atomic E-state index is 0.0852. The number of thioether (sulfide) groups is 1. The molecule has 5 rings (SSSR count). The molecule has 6 atom stereocenters. The van der Waals surface area contributed by atoms with Gasteiger partial charge in [0.1, 0.15) is 35.5 Å². The van der Waals surface area contributed by atoms with Crippen molar-refractivity contribution in [3.63, 3.8) is 0 Å². The highest BCUT2D eigenvalue weighted by Crippen LogP contribution is 2.48. The molecule has 1 saturated carbocycles. The number of nitrogens with zero attached hydrogens (tertiary/aromatic N) is 4. The van der Waals surface area contributed by atoms with Crippen molar-refractivity contribution in [2.24, 2.45) is 0 Å². The summed E-state index contributed by atoms with van der Waals surface area (Å²) in [6, 6.07) is 0. The number of hydrogen-bond acceptors (Lipinski definition) is 10. The molecular formula is C30H53N5O5SSi2. The Morgan fingerprint density at radius 1 is 1.00 bits per heavy atom. The van der Waals surface area contributed by atoms with Crippen molar-refractivity contribution in [1.82, 2.24) is 19.7 Å². The van der Waals surface area contributed by atoms with E-state index in [1.807, 2.05) is 18.5 Å². The summed E-state index contributed by atoms with van der Waals surface area (Å²) in [5.74, 6) is -0.339. The van der Waals surface area contributed by atoms with E-state index in [0.717, 1.165) is 29.7 Å². The van der Waals surface area contributed by atoms with Gasteiger partial charge in [-0.3, -0.25) is 0 Å². The maximum atomic E-state index is 6.92. The van der Waals surface area contributed by atoms with Gasteiger partial charge in [0.25, 0.3) is 0 Å². The molecule has 242 valence electrons. The largest absolute Gasteiger partial charge is 0.414 e. The van der Waals surface area contributed by atoms with E-state index in [1.165, 1.54) is 6.33 Å². The summed E-state index contributed by atoms with van der Waals surface area (Å²) in [6.45, 7) is 27.1. The van der Waals surface area contributed by atoms with Crippen LogP contribution in [0, 0.1) is 0 Å². The predicted molar refractivity (Wildman–Crippen MR) is 176 cm³/mol. The van der Waals surface area contributed by atoms with Crippen LogP contribution >= 0.6 is 11.8 Å². The van der Waals surface area contributed by atoms with Crippen LogP contribution in [0.5, 0.6) is 0 Å². The number of hydrogen-bond donors (Lipinski definition) is 1. The normalized spacial score (nSPS) is 30.0. The lowest BCUT2D eigenvalue weighted by Gasteiger charge is -2.39. The lowest BCUT2D eigenvalue weighted by Crippen LogP contribution is -2.45. The molecule has 0 amide bonds. The molecule has 0 bridgehead atoms. The standard InChI is InChI=1S/C30H53N5O5SSi2/c1-28(2,3)42(9,10)36-16-19-22-23(39-30(7,8)38-22)27(37-19)35-25-21(24(31)32-17-33-25)26(34-35)41-20-15-13-14-18(20)40-43(11,12)29(4,5)6/h17-20,22-23,27H,13-16H2,1-12H3,(H2,31,32,33)/t18-,19+,20-,22+,23+,27+/m0/s1. The van der Waals surface area contributed by atoms with Crippen molar-refractivity contribution >= 4 is 45.2 Å². The number of nitrogens with two attached hydrogens (primary N) is 1. The fourth-order valence-corrected chi connectivity index (χ4v) is 9.45. The van der Waals surface area contributed by atoms with Crippen LogP contribution in [-0.2, 0) is 23.1 Å². The van der Waals surface area contributed by atoms with Crippen LogP contribution < -0.4 is 5.73 Å². The highest BCUT2D eigenvalue weighted by atomic mass is 32.2. The molecule has 2 saturated heterocycles. The van der Waals surface area contributed by atoms with Crippen LogP contribution in [-0.4, -0.2) is 78.4 Å². The van der Waals surface area contributed by atoms with E-state index >= 15 is 0 Å². The van der Waals surface area contributed by atoms with E-state index in [9.17, 15) is 0 Å². The third kappa shape index (κ3) is 6.47. The fraction of sp³-hybridized carbons (Fsp3) is 0.833. The van der Waals surface area contributed by atoms with Gasteiger partial charge in [-0.2, -0.15) is 5.10 Å². The van der Waals surface area contributed by atoms with Crippen molar-refractivity contribution in [3.05, 3.63) is 6.33 Å². The smallest absolute Gasteiger partial charge is 0.192 e. The van der Waals surface area contributed by atoms with Crippen molar-refractivity contribution in [2.45, 2.75) is 158 Å².